The number of fused-ring (bicyclic) bond motifs is 6. The highest BCUT2D eigenvalue weighted by Crippen LogP contribution is 2.45. The largest absolute Gasteiger partial charge is 0.456 e. The first-order chi connectivity index (χ1) is 24.3. The first kappa shape index (κ1) is 27.7. The van der Waals surface area contributed by atoms with E-state index in [2.05, 4.69) is 170 Å². The van der Waals surface area contributed by atoms with Gasteiger partial charge < -0.3 is 4.42 Å². The van der Waals surface area contributed by atoms with Crippen molar-refractivity contribution in [2.24, 2.45) is 0 Å². The molecule has 0 saturated carbocycles. The van der Waals surface area contributed by atoms with Crippen molar-refractivity contribution in [3.63, 3.8) is 0 Å². The van der Waals surface area contributed by atoms with E-state index >= 15 is 0 Å². The summed E-state index contributed by atoms with van der Waals surface area (Å²) in [7, 11) is 0. The van der Waals surface area contributed by atoms with Gasteiger partial charge in [-0.2, -0.15) is 0 Å². The predicted molar refractivity (Wildman–Crippen MR) is 208 cm³/mol. The molecule has 0 atom stereocenters. The SMILES string of the molecule is c1ccc(-c2ccc(-c3cccc4c(-c5ccc6oc7ccccc7c6c5)c5cccc(-c6cccc7ccccc67)c5cc34)cc2)cc1. The van der Waals surface area contributed by atoms with Gasteiger partial charge in [-0.3, -0.25) is 0 Å². The number of benzene rings is 9. The summed E-state index contributed by atoms with van der Waals surface area (Å²) in [6.07, 6.45) is 0. The molecule has 1 heterocycles. The Morgan fingerprint density at radius 2 is 0.796 bits per heavy atom. The van der Waals surface area contributed by atoms with Crippen LogP contribution in [0.25, 0.3) is 98.8 Å². The summed E-state index contributed by atoms with van der Waals surface area (Å²) in [5.74, 6) is 0. The van der Waals surface area contributed by atoms with Crippen LogP contribution in [0.4, 0.5) is 0 Å². The van der Waals surface area contributed by atoms with Crippen LogP contribution < -0.4 is 0 Å². The zero-order valence-electron chi connectivity index (χ0n) is 26.7. The number of rotatable bonds is 4. The lowest BCUT2D eigenvalue weighted by Gasteiger charge is -2.18. The van der Waals surface area contributed by atoms with Crippen molar-refractivity contribution < 1.29 is 4.42 Å². The third-order valence-electron chi connectivity index (χ3n) is 10.1. The molecule has 0 unspecified atom stereocenters. The van der Waals surface area contributed by atoms with E-state index in [1.165, 1.54) is 76.8 Å². The maximum absolute atomic E-state index is 6.25. The Morgan fingerprint density at radius 1 is 0.265 bits per heavy atom. The summed E-state index contributed by atoms with van der Waals surface area (Å²) in [5.41, 5.74) is 11.6. The predicted octanol–water partition coefficient (Wildman–Crippen LogP) is 13.7. The average Bonchev–Trinajstić information content (AvgIpc) is 3.55. The molecule has 1 nitrogen and oxygen atoms in total. The minimum absolute atomic E-state index is 0.908. The van der Waals surface area contributed by atoms with Crippen molar-refractivity contribution >= 4 is 54.3 Å². The van der Waals surface area contributed by atoms with E-state index < -0.39 is 0 Å². The monoisotopic (exact) mass is 622 g/mol. The van der Waals surface area contributed by atoms with Crippen LogP contribution in [-0.4, -0.2) is 0 Å². The molecule has 0 N–H and O–H groups in total. The fourth-order valence-corrected chi connectivity index (χ4v) is 7.78. The molecule has 0 spiro atoms. The summed E-state index contributed by atoms with van der Waals surface area (Å²) in [6.45, 7) is 0. The van der Waals surface area contributed by atoms with Crippen molar-refractivity contribution in [2.45, 2.75) is 0 Å². The molecule has 0 aliphatic heterocycles. The summed E-state index contributed by atoms with van der Waals surface area (Å²) < 4.78 is 6.25. The maximum Gasteiger partial charge on any atom is 0.135 e. The molecule has 0 saturated heterocycles. The molecule has 49 heavy (non-hydrogen) atoms. The normalized spacial score (nSPS) is 11.7. The summed E-state index contributed by atoms with van der Waals surface area (Å²) in [6, 6.07) is 65.9. The van der Waals surface area contributed by atoms with Crippen molar-refractivity contribution in [3.8, 4) is 44.5 Å². The van der Waals surface area contributed by atoms with E-state index in [1.54, 1.807) is 0 Å². The second-order valence-corrected chi connectivity index (χ2v) is 12.8. The van der Waals surface area contributed by atoms with Gasteiger partial charge in [0.15, 0.2) is 0 Å². The lowest BCUT2D eigenvalue weighted by Crippen LogP contribution is -1.91. The lowest BCUT2D eigenvalue weighted by atomic mass is 9.85. The summed E-state index contributed by atoms with van der Waals surface area (Å²) in [4.78, 5) is 0. The minimum Gasteiger partial charge on any atom is -0.456 e. The van der Waals surface area contributed by atoms with Gasteiger partial charge in [0.1, 0.15) is 11.2 Å². The highest BCUT2D eigenvalue weighted by molar-refractivity contribution is 6.21. The Morgan fingerprint density at radius 3 is 1.61 bits per heavy atom. The molecule has 1 aromatic heterocycles. The van der Waals surface area contributed by atoms with Gasteiger partial charge in [-0.15, -0.1) is 0 Å². The van der Waals surface area contributed by atoms with Gasteiger partial charge in [0.2, 0.25) is 0 Å². The van der Waals surface area contributed by atoms with Crippen LogP contribution >= 0.6 is 0 Å². The van der Waals surface area contributed by atoms with Crippen molar-refractivity contribution in [2.75, 3.05) is 0 Å². The molecule has 0 aliphatic rings. The van der Waals surface area contributed by atoms with E-state index in [4.69, 9.17) is 4.42 Å². The second-order valence-electron chi connectivity index (χ2n) is 12.8. The standard InChI is InChI=1S/C48H30O/c1-2-11-31(12-3-1)32-23-25-34(26-24-32)37-17-9-20-41-43(37)30-44-39(38-18-8-14-33-13-4-5-15-36(33)38)19-10-21-42(44)48(41)35-27-28-47-45(29-35)40-16-6-7-22-46(40)49-47/h1-30H. The Balaban J connectivity index is 1.28. The zero-order chi connectivity index (χ0) is 32.3. The van der Waals surface area contributed by atoms with Crippen LogP contribution in [0.1, 0.15) is 0 Å². The van der Waals surface area contributed by atoms with Crippen molar-refractivity contribution in [1.29, 1.82) is 0 Å². The molecular weight excluding hydrogens is 593 g/mol. The van der Waals surface area contributed by atoms with Crippen LogP contribution in [0.3, 0.4) is 0 Å². The molecule has 0 bridgehead atoms. The molecule has 0 amide bonds. The fourth-order valence-electron chi connectivity index (χ4n) is 7.78. The van der Waals surface area contributed by atoms with Gasteiger partial charge in [-0.1, -0.05) is 158 Å². The average molecular weight is 623 g/mol. The van der Waals surface area contributed by atoms with E-state index in [0.29, 0.717) is 0 Å². The molecule has 10 rings (SSSR count). The van der Waals surface area contributed by atoms with Crippen molar-refractivity contribution in [1.82, 2.24) is 0 Å². The Labute approximate surface area is 284 Å². The lowest BCUT2D eigenvalue weighted by molar-refractivity contribution is 0.669. The topological polar surface area (TPSA) is 13.1 Å². The first-order valence-electron chi connectivity index (χ1n) is 16.8. The quantitative estimate of drug-likeness (QED) is 0.178. The first-order valence-corrected chi connectivity index (χ1v) is 16.8. The maximum atomic E-state index is 6.25. The number of furan rings is 1. The highest BCUT2D eigenvalue weighted by atomic mass is 16.3. The molecule has 0 radical (unpaired) electrons. The third kappa shape index (κ3) is 4.47. The molecule has 228 valence electrons. The molecule has 9 aromatic carbocycles. The number of para-hydroxylation sites is 1. The zero-order valence-corrected chi connectivity index (χ0v) is 26.7. The van der Waals surface area contributed by atoms with Gasteiger partial charge in [0.25, 0.3) is 0 Å². The van der Waals surface area contributed by atoms with E-state index in [-0.39, 0.29) is 0 Å². The summed E-state index contributed by atoms with van der Waals surface area (Å²) in [5, 5.41) is 9.73. The smallest absolute Gasteiger partial charge is 0.135 e. The van der Waals surface area contributed by atoms with Gasteiger partial charge in [0, 0.05) is 10.8 Å². The minimum atomic E-state index is 0.908. The van der Waals surface area contributed by atoms with E-state index in [1.807, 2.05) is 12.1 Å². The van der Waals surface area contributed by atoms with Crippen molar-refractivity contribution in [3.05, 3.63) is 182 Å². The van der Waals surface area contributed by atoms with Crippen LogP contribution in [0, 0.1) is 0 Å². The Kier molecular flexibility index (Phi) is 6.25. The number of hydrogen-bond donors (Lipinski definition) is 0. The van der Waals surface area contributed by atoms with E-state index in [9.17, 15) is 0 Å². The van der Waals surface area contributed by atoms with Gasteiger partial charge in [-0.25, -0.2) is 0 Å². The molecular formula is C48H30O. The van der Waals surface area contributed by atoms with E-state index in [0.717, 1.165) is 21.9 Å². The van der Waals surface area contributed by atoms with Gasteiger partial charge in [-0.05, 0) is 101 Å². The van der Waals surface area contributed by atoms with Gasteiger partial charge >= 0.3 is 0 Å². The van der Waals surface area contributed by atoms with Crippen LogP contribution in [0.15, 0.2) is 186 Å². The Hall–Kier alpha value is -6.44. The molecule has 0 fully saturated rings. The van der Waals surface area contributed by atoms with Crippen LogP contribution in [-0.2, 0) is 0 Å². The summed E-state index contributed by atoms with van der Waals surface area (Å²) >= 11 is 0. The second kappa shape index (κ2) is 11.1. The fraction of sp³-hybridized carbons (Fsp3) is 0. The highest BCUT2D eigenvalue weighted by Gasteiger charge is 2.18. The Bertz CT molecular complexity index is 2850. The molecule has 10 aromatic rings. The molecule has 0 aliphatic carbocycles. The van der Waals surface area contributed by atoms with Crippen LogP contribution in [0.5, 0.6) is 0 Å². The van der Waals surface area contributed by atoms with Crippen LogP contribution in [0.2, 0.25) is 0 Å². The third-order valence-corrected chi connectivity index (χ3v) is 10.1. The van der Waals surface area contributed by atoms with Gasteiger partial charge in [0.05, 0.1) is 0 Å². The number of hydrogen-bond acceptors (Lipinski definition) is 1. The molecule has 1 heteroatoms.